The maximum atomic E-state index is 14.0. The average molecular weight is 489 g/mol. The minimum Gasteiger partial charge on any atom is -0.497 e. The zero-order valence-corrected chi connectivity index (χ0v) is 20.3. The first-order valence-corrected chi connectivity index (χ1v) is 11.8. The van der Waals surface area contributed by atoms with Crippen LogP contribution in [0.3, 0.4) is 0 Å². The number of ether oxygens (including phenoxy) is 1. The van der Waals surface area contributed by atoms with E-state index in [1.165, 1.54) is 0 Å². The highest BCUT2D eigenvalue weighted by molar-refractivity contribution is 5.94. The van der Waals surface area contributed by atoms with E-state index in [-0.39, 0.29) is 18.9 Å². The fraction of sp³-hybridized carbons (Fsp3) is 0.138. The molecule has 8 heteroatoms. The van der Waals surface area contributed by atoms with Crippen LogP contribution in [0.5, 0.6) is 5.75 Å². The molecule has 0 bridgehead atoms. The summed E-state index contributed by atoms with van der Waals surface area (Å²) in [4.78, 5) is 24.6. The summed E-state index contributed by atoms with van der Waals surface area (Å²) in [5, 5.41) is 14.0. The van der Waals surface area contributed by atoms with Gasteiger partial charge >= 0.3 is 0 Å². The topological polar surface area (TPSA) is 96.4 Å². The van der Waals surface area contributed by atoms with Crippen molar-refractivity contribution in [3.63, 3.8) is 0 Å². The van der Waals surface area contributed by atoms with Crippen LogP contribution in [-0.2, 0) is 6.54 Å². The molecule has 5 rings (SSSR count). The Morgan fingerprint density at radius 3 is 2.49 bits per heavy atom. The number of methoxy groups -OCH3 is 1. The molecule has 0 N–H and O–H groups in total. The second-order valence-electron chi connectivity index (χ2n) is 8.42. The number of hydrogen-bond donors (Lipinski definition) is 0. The van der Waals surface area contributed by atoms with Crippen LogP contribution in [0.25, 0.3) is 28.2 Å². The van der Waals surface area contributed by atoms with E-state index in [0.717, 1.165) is 22.4 Å². The normalized spacial score (nSPS) is 10.7. The molecule has 2 aromatic carbocycles. The summed E-state index contributed by atoms with van der Waals surface area (Å²) < 4.78 is 6.87. The molecule has 3 aromatic heterocycles. The summed E-state index contributed by atoms with van der Waals surface area (Å²) in [5.41, 5.74) is 4.91. The maximum absolute atomic E-state index is 14.0. The molecule has 0 aliphatic heterocycles. The van der Waals surface area contributed by atoms with Crippen LogP contribution >= 0.6 is 0 Å². The molecular weight excluding hydrogens is 464 g/mol. The monoisotopic (exact) mass is 488 g/mol. The van der Waals surface area contributed by atoms with Crippen molar-refractivity contribution in [3.8, 4) is 34.3 Å². The van der Waals surface area contributed by atoms with Crippen molar-refractivity contribution < 1.29 is 9.53 Å². The van der Waals surface area contributed by atoms with Crippen LogP contribution in [0.1, 0.15) is 22.5 Å². The highest BCUT2D eigenvalue weighted by Gasteiger charge is 2.22. The lowest BCUT2D eigenvalue weighted by Crippen LogP contribution is -2.33. The lowest BCUT2D eigenvalue weighted by Gasteiger charge is -2.22. The first-order chi connectivity index (χ1) is 18.2. The fourth-order valence-electron chi connectivity index (χ4n) is 4.10. The van der Waals surface area contributed by atoms with Gasteiger partial charge in [-0.15, -0.1) is 0 Å². The Labute approximate surface area is 214 Å². The first kappa shape index (κ1) is 23.7. The van der Waals surface area contributed by atoms with Crippen molar-refractivity contribution in [2.45, 2.75) is 13.0 Å². The Morgan fingerprint density at radius 1 is 1.00 bits per heavy atom. The second kappa shape index (κ2) is 10.7. The number of rotatable bonds is 8. The van der Waals surface area contributed by atoms with Crippen molar-refractivity contribution >= 4 is 11.6 Å². The molecule has 37 heavy (non-hydrogen) atoms. The predicted octanol–water partition coefficient (Wildman–Crippen LogP) is 5.02. The smallest absolute Gasteiger partial charge is 0.273 e. The molecule has 0 spiro atoms. The van der Waals surface area contributed by atoms with E-state index >= 15 is 0 Å². The van der Waals surface area contributed by atoms with Crippen LogP contribution in [0, 0.1) is 11.3 Å². The molecule has 3 heterocycles. The van der Waals surface area contributed by atoms with E-state index in [9.17, 15) is 10.1 Å². The van der Waals surface area contributed by atoms with Gasteiger partial charge in [0.2, 0.25) is 0 Å². The third-order valence-electron chi connectivity index (χ3n) is 5.98. The largest absolute Gasteiger partial charge is 0.497 e. The van der Waals surface area contributed by atoms with Gasteiger partial charge in [-0.1, -0.05) is 36.4 Å². The van der Waals surface area contributed by atoms with Crippen LogP contribution in [0.2, 0.25) is 0 Å². The highest BCUT2D eigenvalue weighted by Crippen LogP contribution is 2.26. The van der Waals surface area contributed by atoms with Crippen LogP contribution in [0.15, 0.2) is 91.3 Å². The number of fused-ring (bicyclic) bond motifs is 1. The van der Waals surface area contributed by atoms with E-state index < -0.39 is 0 Å². The Balaban J connectivity index is 1.63. The number of benzene rings is 2. The van der Waals surface area contributed by atoms with Gasteiger partial charge in [-0.05, 0) is 42.0 Å². The van der Waals surface area contributed by atoms with Gasteiger partial charge in [-0.2, -0.15) is 10.4 Å². The van der Waals surface area contributed by atoms with E-state index in [2.05, 4.69) is 11.1 Å². The van der Waals surface area contributed by atoms with Gasteiger partial charge < -0.3 is 9.64 Å². The molecule has 0 saturated carbocycles. The fourth-order valence-corrected chi connectivity index (χ4v) is 4.10. The highest BCUT2D eigenvalue weighted by atomic mass is 16.5. The minimum absolute atomic E-state index is 0.208. The summed E-state index contributed by atoms with van der Waals surface area (Å²) in [6, 6.07) is 26.8. The second-order valence-corrected chi connectivity index (χ2v) is 8.42. The number of nitrogens with zero attached hydrogens (tertiary/aromatic N) is 6. The molecule has 182 valence electrons. The van der Waals surface area contributed by atoms with Gasteiger partial charge in [0.05, 0.1) is 31.0 Å². The van der Waals surface area contributed by atoms with E-state index in [4.69, 9.17) is 14.8 Å². The Hall–Kier alpha value is -5.03. The number of pyridine rings is 1. The van der Waals surface area contributed by atoms with E-state index in [1.807, 2.05) is 72.8 Å². The number of nitriles is 1. The van der Waals surface area contributed by atoms with Crippen molar-refractivity contribution in [3.05, 3.63) is 103 Å². The zero-order valence-electron chi connectivity index (χ0n) is 20.3. The molecule has 0 aliphatic carbocycles. The number of amides is 1. The molecule has 0 radical (unpaired) electrons. The third kappa shape index (κ3) is 5.16. The van der Waals surface area contributed by atoms with Gasteiger partial charge in [-0.3, -0.25) is 9.78 Å². The summed E-state index contributed by atoms with van der Waals surface area (Å²) >= 11 is 0. The minimum atomic E-state index is -0.246. The number of carbonyl (C=O) groups is 1. The first-order valence-electron chi connectivity index (χ1n) is 11.8. The Kier molecular flexibility index (Phi) is 6.86. The van der Waals surface area contributed by atoms with Gasteiger partial charge in [0.15, 0.2) is 5.65 Å². The summed E-state index contributed by atoms with van der Waals surface area (Å²) in [7, 11) is 1.62. The summed E-state index contributed by atoms with van der Waals surface area (Å²) in [5.74, 6) is 0.486. The quantitative estimate of drug-likeness (QED) is 0.304. The van der Waals surface area contributed by atoms with Crippen LogP contribution < -0.4 is 4.74 Å². The number of hydrogen-bond acceptors (Lipinski definition) is 6. The van der Waals surface area contributed by atoms with Crippen molar-refractivity contribution in [2.75, 3.05) is 13.7 Å². The molecule has 0 saturated heterocycles. The predicted molar refractivity (Wildman–Crippen MR) is 140 cm³/mol. The molecule has 0 aliphatic rings. The zero-order chi connectivity index (χ0) is 25.6. The Bertz CT molecular complexity index is 1560. The summed E-state index contributed by atoms with van der Waals surface area (Å²) in [6.45, 7) is 0.599. The van der Waals surface area contributed by atoms with E-state index in [0.29, 0.717) is 29.3 Å². The molecule has 1 amide bonds. The summed E-state index contributed by atoms with van der Waals surface area (Å²) in [6.07, 6.45) is 3.62. The lowest BCUT2D eigenvalue weighted by molar-refractivity contribution is 0.0738. The third-order valence-corrected chi connectivity index (χ3v) is 5.98. The van der Waals surface area contributed by atoms with Gasteiger partial charge in [-0.25, -0.2) is 9.50 Å². The molecular formula is C29H24N6O2. The standard InChI is InChI=1S/C29H24N6O2/c1-37-24-12-10-23(11-13-24)25-17-27(29(36)34(16-6-14-30)20-21-7-5-15-31-19-21)35-28(32-25)18-26(33-35)22-8-3-2-4-9-22/h2-5,7-13,15,17-19H,6,16,20H2,1H3. The maximum Gasteiger partial charge on any atom is 0.273 e. The Morgan fingerprint density at radius 2 is 1.78 bits per heavy atom. The number of carbonyl (C=O) groups excluding carboxylic acids is 1. The molecule has 0 unspecified atom stereocenters. The SMILES string of the molecule is COc1ccc(-c2cc(C(=O)N(CCC#N)Cc3cccnc3)n3nc(-c4ccccc4)cc3n2)cc1. The molecule has 0 atom stereocenters. The van der Waals surface area contributed by atoms with Crippen molar-refractivity contribution in [1.82, 2.24) is 24.5 Å². The number of aromatic nitrogens is 4. The van der Waals surface area contributed by atoms with Gasteiger partial charge in [0.25, 0.3) is 5.91 Å². The average Bonchev–Trinajstić information content (AvgIpc) is 3.40. The van der Waals surface area contributed by atoms with Crippen LogP contribution in [-0.4, -0.2) is 44.0 Å². The van der Waals surface area contributed by atoms with Crippen LogP contribution in [0.4, 0.5) is 0 Å². The lowest BCUT2D eigenvalue weighted by atomic mass is 10.1. The molecule has 0 fully saturated rings. The molecule has 5 aromatic rings. The van der Waals surface area contributed by atoms with Crippen molar-refractivity contribution in [1.29, 1.82) is 5.26 Å². The van der Waals surface area contributed by atoms with Crippen molar-refractivity contribution in [2.24, 2.45) is 0 Å². The molecule has 8 nitrogen and oxygen atoms in total. The van der Waals surface area contributed by atoms with Gasteiger partial charge in [0, 0.05) is 42.7 Å². The van der Waals surface area contributed by atoms with E-state index in [1.54, 1.807) is 35.0 Å². The van der Waals surface area contributed by atoms with Gasteiger partial charge in [0.1, 0.15) is 11.4 Å².